The minimum absolute atomic E-state index is 0.247. The Balaban J connectivity index is 1.87. The third-order valence-corrected chi connectivity index (χ3v) is 2.85. The molecule has 2 N–H and O–H groups in total. The summed E-state index contributed by atoms with van der Waals surface area (Å²) < 4.78 is 5.63. The van der Waals surface area contributed by atoms with Crippen molar-refractivity contribution in [2.24, 2.45) is 5.73 Å². The van der Waals surface area contributed by atoms with Gasteiger partial charge in [-0.2, -0.15) is 0 Å². The molecule has 2 rings (SSSR count). The van der Waals surface area contributed by atoms with Crippen molar-refractivity contribution in [3.63, 3.8) is 0 Å². The van der Waals surface area contributed by atoms with Crippen molar-refractivity contribution in [1.82, 2.24) is 10.2 Å². The number of nitrogens with two attached hydrogens (primary N) is 1. The van der Waals surface area contributed by atoms with Crippen LogP contribution in [0.15, 0.2) is 5.51 Å². The molecule has 1 aliphatic rings. The SMILES string of the molecule is NC1CCCC(Oc2nncs2)C1. The number of hydrogen-bond donors (Lipinski definition) is 1. The van der Waals surface area contributed by atoms with E-state index in [4.69, 9.17) is 10.5 Å². The second kappa shape index (κ2) is 4.02. The Morgan fingerprint density at radius 2 is 2.46 bits per heavy atom. The molecule has 0 aromatic carbocycles. The van der Waals surface area contributed by atoms with Crippen LogP contribution in [0, 0.1) is 0 Å². The first kappa shape index (κ1) is 8.90. The molecule has 1 aliphatic carbocycles. The third kappa shape index (κ3) is 2.38. The molecule has 0 bridgehead atoms. The first-order valence-corrected chi connectivity index (χ1v) is 5.41. The molecular formula is C8H13N3OS. The van der Waals surface area contributed by atoms with Crippen LogP contribution in [0.3, 0.4) is 0 Å². The van der Waals surface area contributed by atoms with Gasteiger partial charge in [-0.3, -0.25) is 0 Å². The second-order valence-electron chi connectivity index (χ2n) is 3.37. The fourth-order valence-electron chi connectivity index (χ4n) is 1.64. The van der Waals surface area contributed by atoms with Gasteiger partial charge in [-0.05, 0) is 25.7 Å². The maximum atomic E-state index is 5.84. The molecule has 1 aromatic heterocycles. The standard InChI is InChI=1S/C8H13N3OS/c9-6-2-1-3-7(4-6)12-8-11-10-5-13-8/h5-7H,1-4,9H2. The van der Waals surface area contributed by atoms with E-state index < -0.39 is 0 Å². The van der Waals surface area contributed by atoms with Crippen molar-refractivity contribution in [2.45, 2.75) is 37.8 Å². The lowest BCUT2D eigenvalue weighted by atomic mass is 9.94. The van der Waals surface area contributed by atoms with E-state index in [2.05, 4.69) is 10.2 Å². The van der Waals surface area contributed by atoms with E-state index in [1.807, 2.05) is 0 Å². The molecule has 1 heterocycles. The summed E-state index contributed by atoms with van der Waals surface area (Å²) in [5, 5.41) is 8.23. The molecule has 72 valence electrons. The molecule has 5 heteroatoms. The van der Waals surface area contributed by atoms with E-state index in [1.165, 1.54) is 11.3 Å². The third-order valence-electron chi connectivity index (χ3n) is 2.27. The van der Waals surface area contributed by atoms with Crippen molar-refractivity contribution in [3.05, 3.63) is 5.51 Å². The Morgan fingerprint density at radius 1 is 1.54 bits per heavy atom. The summed E-state index contributed by atoms with van der Waals surface area (Å²) in [4.78, 5) is 0. The zero-order valence-corrected chi connectivity index (χ0v) is 8.17. The van der Waals surface area contributed by atoms with E-state index in [1.54, 1.807) is 5.51 Å². The highest BCUT2D eigenvalue weighted by Crippen LogP contribution is 2.23. The number of nitrogens with zero attached hydrogens (tertiary/aromatic N) is 2. The number of aromatic nitrogens is 2. The van der Waals surface area contributed by atoms with E-state index in [0.29, 0.717) is 11.2 Å². The lowest BCUT2D eigenvalue weighted by Gasteiger charge is -2.25. The van der Waals surface area contributed by atoms with Gasteiger partial charge in [-0.15, -0.1) is 10.2 Å². The first-order chi connectivity index (χ1) is 6.34. The summed E-state index contributed by atoms with van der Waals surface area (Å²) in [6.45, 7) is 0. The van der Waals surface area contributed by atoms with Gasteiger partial charge in [0.1, 0.15) is 11.6 Å². The van der Waals surface area contributed by atoms with Crippen LogP contribution in [0.5, 0.6) is 5.19 Å². The van der Waals surface area contributed by atoms with Gasteiger partial charge in [0.2, 0.25) is 0 Å². The molecular weight excluding hydrogens is 186 g/mol. The molecule has 2 unspecified atom stereocenters. The lowest BCUT2D eigenvalue weighted by molar-refractivity contribution is 0.143. The highest BCUT2D eigenvalue weighted by molar-refractivity contribution is 7.11. The van der Waals surface area contributed by atoms with Crippen LogP contribution < -0.4 is 10.5 Å². The van der Waals surface area contributed by atoms with Crippen molar-refractivity contribution in [2.75, 3.05) is 0 Å². The van der Waals surface area contributed by atoms with Gasteiger partial charge in [-0.1, -0.05) is 11.3 Å². The Morgan fingerprint density at radius 3 is 3.15 bits per heavy atom. The van der Waals surface area contributed by atoms with Crippen molar-refractivity contribution in [3.8, 4) is 5.19 Å². The molecule has 0 aliphatic heterocycles. The minimum atomic E-state index is 0.247. The Bertz CT molecular complexity index is 252. The van der Waals surface area contributed by atoms with Crippen molar-refractivity contribution >= 4 is 11.3 Å². The van der Waals surface area contributed by atoms with E-state index >= 15 is 0 Å². The molecule has 1 saturated carbocycles. The minimum Gasteiger partial charge on any atom is -0.466 e. The quantitative estimate of drug-likeness (QED) is 0.777. The Labute approximate surface area is 81.1 Å². The van der Waals surface area contributed by atoms with E-state index in [0.717, 1.165) is 25.7 Å². The van der Waals surface area contributed by atoms with Crippen LogP contribution in [0.4, 0.5) is 0 Å². The zero-order chi connectivity index (χ0) is 9.10. The maximum absolute atomic E-state index is 5.84. The monoisotopic (exact) mass is 199 g/mol. The zero-order valence-electron chi connectivity index (χ0n) is 7.35. The maximum Gasteiger partial charge on any atom is 0.294 e. The highest BCUT2D eigenvalue weighted by Gasteiger charge is 2.21. The van der Waals surface area contributed by atoms with Gasteiger partial charge >= 0.3 is 0 Å². The van der Waals surface area contributed by atoms with Crippen LogP contribution in [0.25, 0.3) is 0 Å². The number of rotatable bonds is 2. The molecule has 1 aromatic rings. The summed E-state index contributed by atoms with van der Waals surface area (Å²) in [6.07, 6.45) is 4.56. The average Bonchev–Trinajstić information content (AvgIpc) is 2.57. The summed E-state index contributed by atoms with van der Waals surface area (Å²) in [5.74, 6) is 0. The predicted octanol–water partition coefficient (Wildman–Crippen LogP) is 1.19. The highest BCUT2D eigenvalue weighted by atomic mass is 32.1. The van der Waals surface area contributed by atoms with E-state index in [9.17, 15) is 0 Å². The second-order valence-corrected chi connectivity index (χ2v) is 4.17. The topological polar surface area (TPSA) is 61.0 Å². The van der Waals surface area contributed by atoms with E-state index in [-0.39, 0.29) is 6.10 Å². The summed E-state index contributed by atoms with van der Waals surface area (Å²) in [7, 11) is 0. The summed E-state index contributed by atoms with van der Waals surface area (Å²) in [6, 6.07) is 0.298. The molecule has 0 spiro atoms. The summed E-state index contributed by atoms with van der Waals surface area (Å²) in [5.41, 5.74) is 7.52. The Kier molecular flexibility index (Phi) is 2.75. The largest absolute Gasteiger partial charge is 0.466 e. The smallest absolute Gasteiger partial charge is 0.294 e. The van der Waals surface area contributed by atoms with Gasteiger partial charge in [0.15, 0.2) is 0 Å². The molecule has 0 radical (unpaired) electrons. The van der Waals surface area contributed by atoms with Crippen molar-refractivity contribution in [1.29, 1.82) is 0 Å². The first-order valence-electron chi connectivity index (χ1n) is 4.53. The van der Waals surface area contributed by atoms with Gasteiger partial charge in [-0.25, -0.2) is 0 Å². The molecule has 0 amide bonds. The van der Waals surface area contributed by atoms with Crippen LogP contribution in [-0.2, 0) is 0 Å². The number of ether oxygens (including phenoxy) is 1. The van der Waals surface area contributed by atoms with Crippen molar-refractivity contribution < 1.29 is 4.74 Å². The average molecular weight is 199 g/mol. The molecule has 0 saturated heterocycles. The van der Waals surface area contributed by atoms with Crippen LogP contribution >= 0.6 is 11.3 Å². The summed E-state index contributed by atoms with van der Waals surface area (Å²) >= 11 is 1.43. The normalized spacial score (nSPS) is 28.7. The van der Waals surface area contributed by atoms with Gasteiger partial charge in [0.25, 0.3) is 5.19 Å². The van der Waals surface area contributed by atoms with Gasteiger partial charge in [0, 0.05) is 6.04 Å². The van der Waals surface area contributed by atoms with Gasteiger partial charge < -0.3 is 10.5 Å². The molecule has 1 fully saturated rings. The van der Waals surface area contributed by atoms with Crippen LogP contribution in [-0.4, -0.2) is 22.3 Å². The fraction of sp³-hybridized carbons (Fsp3) is 0.750. The van der Waals surface area contributed by atoms with Gasteiger partial charge in [0.05, 0.1) is 0 Å². The lowest BCUT2D eigenvalue weighted by Crippen LogP contribution is -2.33. The number of hydrogen-bond acceptors (Lipinski definition) is 5. The van der Waals surface area contributed by atoms with Crippen LogP contribution in [0.1, 0.15) is 25.7 Å². The molecule has 13 heavy (non-hydrogen) atoms. The Hall–Kier alpha value is -0.680. The fourth-order valence-corrected chi connectivity index (χ4v) is 2.12. The molecule has 4 nitrogen and oxygen atoms in total. The van der Waals surface area contributed by atoms with Crippen LogP contribution in [0.2, 0.25) is 0 Å². The predicted molar refractivity (Wildman–Crippen MR) is 50.8 cm³/mol. The molecule has 2 atom stereocenters.